The van der Waals surface area contributed by atoms with E-state index in [-0.39, 0.29) is 28.9 Å². The number of nitrogens with zero attached hydrogens (tertiary/aromatic N) is 5. The molecule has 3 rings (SSSR count). The largest absolute Gasteiger partial charge is 0.496 e. The zero-order chi connectivity index (χ0) is 21.7. The number of hydrogen-bond donors (Lipinski definition) is 2. The highest BCUT2D eigenvalue weighted by molar-refractivity contribution is 5.97. The molecule has 160 valence electrons. The number of amides is 1. The Morgan fingerprint density at radius 3 is 2.67 bits per heavy atom. The number of methoxy groups -OCH3 is 1. The minimum atomic E-state index is -0.543. The first-order valence-corrected chi connectivity index (χ1v) is 9.52. The molecular formula is C19H25N7O4. The maximum Gasteiger partial charge on any atom is 0.355 e. The second-order valence-corrected chi connectivity index (χ2v) is 7.08. The number of rotatable bonds is 7. The van der Waals surface area contributed by atoms with E-state index in [1.807, 2.05) is 4.90 Å². The Labute approximate surface area is 174 Å². The van der Waals surface area contributed by atoms with Crippen LogP contribution in [0.5, 0.6) is 5.75 Å². The van der Waals surface area contributed by atoms with Gasteiger partial charge in [-0.15, -0.1) is 0 Å². The molecule has 0 aliphatic carbocycles. The summed E-state index contributed by atoms with van der Waals surface area (Å²) < 4.78 is 5.17. The van der Waals surface area contributed by atoms with Crippen LogP contribution in [0.15, 0.2) is 30.6 Å². The third-order valence-electron chi connectivity index (χ3n) is 5.20. The number of carbonyl (C=O) groups is 1. The second-order valence-electron chi connectivity index (χ2n) is 7.08. The SMILES string of the molecule is COc1ccccc1C(=O)NNc1ncnc(N(C)C2CCN(C)CC2)c1[N+](=O)[O-]. The molecule has 0 spiro atoms. The lowest BCUT2D eigenvalue weighted by Gasteiger charge is -2.35. The van der Waals surface area contributed by atoms with E-state index in [1.54, 1.807) is 31.3 Å². The van der Waals surface area contributed by atoms with Crippen molar-refractivity contribution in [3.05, 3.63) is 46.3 Å². The first-order valence-electron chi connectivity index (χ1n) is 9.52. The normalized spacial score (nSPS) is 14.8. The first kappa shape index (κ1) is 21.2. The summed E-state index contributed by atoms with van der Waals surface area (Å²) in [5.74, 6) is -0.00567. The molecule has 1 aliphatic heterocycles. The summed E-state index contributed by atoms with van der Waals surface area (Å²) in [6, 6.07) is 6.80. The standard InChI is InChI=1S/C19H25N7O4/c1-24-10-8-13(9-11-24)25(2)18-16(26(28)29)17(20-12-21-18)22-23-19(27)14-6-4-5-7-15(14)30-3/h4-7,12-13H,8-11H2,1-3H3,(H,23,27)(H,20,21,22). The van der Waals surface area contributed by atoms with Gasteiger partial charge in [-0.1, -0.05) is 12.1 Å². The number of hydrogen-bond acceptors (Lipinski definition) is 9. The number of hydrazine groups is 1. The molecule has 0 unspecified atom stereocenters. The highest BCUT2D eigenvalue weighted by Gasteiger charge is 2.30. The van der Waals surface area contributed by atoms with Crippen molar-refractivity contribution in [2.45, 2.75) is 18.9 Å². The molecule has 2 heterocycles. The van der Waals surface area contributed by atoms with Crippen LogP contribution in [0.3, 0.4) is 0 Å². The van der Waals surface area contributed by atoms with E-state index < -0.39 is 10.8 Å². The summed E-state index contributed by atoms with van der Waals surface area (Å²) in [6.45, 7) is 1.82. The Morgan fingerprint density at radius 1 is 1.30 bits per heavy atom. The number of benzene rings is 1. The topological polar surface area (TPSA) is 126 Å². The number of aromatic nitrogens is 2. The lowest BCUT2D eigenvalue weighted by Crippen LogP contribution is -2.42. The highest BCUT2D eigenvalue weighted by atomic mass is 16.6. The molecule has 0 saturated carbocycles. The van der Waals surface area contributed by atoms with E-state index in [2.05, 4.69) is 32.8 Å². The van der Waals surface area contributed by atoms with Crippen LogP contribution < -0.4 is 20.5 Å². The fourth-order valence-electron chi connectivity index (χ4n) is 3.46. The maximum atomic E-state index is 12.5. The quantitative estimate of drug-likeness (QED) is 0.513. The minimum Gasteiger partial charge on any atom is -0.496 e. The van der Waals surface area contributed by atoms with Crippen LogP contribution in [-0.4, -0.2) is 66.0 Å². The average molecular weight is 415 g/mol. The Balaban J connectivity index is 1.81. The van der Waals surface area contributed by atoms with E-state index in [4.69, 9.17) is 4.74 Å². The van der Waals surface area contributed by atoms with Gasteiger partial charge in [-0.3, -0.25) is 25.8 Å². The molecule has 1 saturated heterocycles. The molecule has 0 radical (unpaired) electrons. The van der Waals surface area contributed by atoms with Gasteiger partial charge in [-0.05, 0) is 45.1 Å². The molecule has 11 heteroatoms. The molecule has 1 amide bonds. The number of nitro groups is 1. The number of ether oxygens (including phenoxy) is 1. The third-order valence-corrected chi connectivity index (χ3v) is 5.20. The van der Waals surface area contributed by atoms with Gasteiger partial charge in [0.05, 0.1) is 17.6 Å². The molecule has 2 aromatic rings. The van der Waals surface area contributed by atoms with Crippen LogP contribution >= 0.6 is 0 Å². The van der Waals surface area contributed by atoms with Crippen molar-refractivity contribution in [2.75, 3.05) is 44.6 Å². The smallest absolute Gasteiger partial charge is 0.355 e. The third kappa shape index (κ3) is 4.57. The molecule has 11 nitrogen and oxygen atoms in total. The van der Waals surface area contributed by atoms with Crippen LogP contribution in [0, 0.1) is 10.1 Å². The van der Waals surface area contributed by atoms with E-state index in [0.717, 1.165) is 25.9 Å². The van der Waals surface area contributed by atoms with Crippen molar-refractivity contribution in [3.63, 3.8) is 0 Å². The molecule has 1 fully saturated rings. The zero-order valence-corrected chi connectivity index (χ0v) is 17.2. The lowest BCUT2D eigenvalue weighted by molar-refractivity contribution is -0.383. The number of anilines is 2. The Morgan fingerprint density at radius 2 is 2.00 bits per heavy atom. The van der Waals surface area contributed by atoms with Gasteiger partial charge >= 0.3 is 5.69 Å². The van der Waals surface area contributed by atoms with Gasteiger partial charge in [0.1, 0.15) is 12.1 Å². The van der Waals surface area contributed by atoms with E-state index >= 15 is 0 Å². The molecule has 0 atom stereocenters. The van der Waals surface area contributed by atoms with Gasteiger partial charge in [0.25, 0.3) is 5.91 Å². The molecule has 30 heavy (non-hydrogen) atoms. The lowest BCUT2D eigenvalue weighted by atomic mass is 10.0. The van der Waals surface area contributed by atoms with Crippen LogP contribution in [0.4, 0.5) is 17.3 Å². The highest BCUT2D eigenvalue weighted by Crippen LogP contribution is 2.33. The van der Waals surface area contributed by atoms with E-state index in [9.17, 15) is 14.9 Å². The molecule has 2 N–H and O–H groups in total. The summed E-state index contributed by atoms with van der Waals surface area (Å²) in [7, 11) is 5.30. The summed E-state index contributed by atoms with van der Waals surface area (Å²) >= 11 is 0. The van der Waals surface area contributed by atoms with Gasteiger partial charge in [-0.2, -0.15) is 0 Å². The molecule has 1 aromatic carbocycles. The van der Waals surface area contributed by atoms with Gasteiger partial charge < -0.3 is 14.5 Å². The predicted octanol–water partition coefficient (Wildman–Crippen LogP) is 1.68. The van der Waals surface area contributed by atoms with Crippen molar-refractivity contribution in [1.82, 2.24) is 20.3 Å². The summed E-state index contributed by atoms with van der Waals surface area (Å²) in [5.41, 5.74) is 5.01. The summed E-state index contributed by atoms with van der Waals surface area (Å²) in [5, 5.41) is 11.8. The molecular weight excluding hydrogens is 390 g/mol. The fraction of sp³-hybridized carbons (Fsp3) is 0.421. The number of likely N-dealkylation sites (tertiary alicyclic amines) is 1. The average Bonchev–Trinajstić information content (AvgIpc) is 2.77. The van der Waals surface area contributed by atoms with Crippen molar-refractivity contribution in [1.29, 1.82) is 0 Å². The van der Waals surface area contributed by atoms with E-state index in [0.29, 0.717) is 5.75 Å². The Bertz CT molecular complexity index is 916. The van der Waals surface area contributed by atoms with Crippen LogP contribution in [0.1, 0.15) is 23.2 Å². The van der Waals surface area contributed by atoms with Crippen molar-refractivity contribution >= 4 is 23.2 Å². The van der Waals surface area contributed by atoms with Gasteiger partial charge in [0.2, 0.25) is 11.6 Å². The minimum absolute atomic E-state index is 0.0898. The number of carbonyl (C=O) groups excluding carboxylic acids is 1. The molecule has 0 bridgehead atoms. The number of para-hydroxylation sites is 1. The maximum absolute atomic E-state index is 12.5. The second kappa shape index (κ2) is 9.35. The summed E-state index contributed by atoms with van der Waals surface area (Å²) in [6.07, 6.45) is 2.99. The van der Waals surface area contributed by atoms with Crippen molar-refractivity contribution in [3.8, 4) is 5.75 Å². The Hall–Kier alpha value is -3.47. The van der Waals surface area contributed by atoms with Gasteiger partial charge in [-0.25, -0.2) is 9.97 Å². The van der Waals surface area contributed by atoms with Gasteiger partial charge in [0, 0.05) is 13.1 Å². The predicted molar refractivity (Wildman–Crippen MR) is 112 cm³/mol. The van der Waals surface area contributed by atoms with Crippen LogP contribution in [-0.2, 0) is 0 Å². The van der Waals surface area contributed by atoms with Crippen molar-refractivity contribution in [2.24, 2.45) is 0 Å². The number of nitrogens with one attached hydrogen (secondary N) is 2. The summed E-state index contributed by atoms with van der Waals surface area (Å²) in [4.78, 5) is 35.9. The van der Waals surface area contributed by atoms with Crippen LogP contribution in [0.2, 0.25) is 0 Å². The van der Waals surface area contributed by atoms with Crippen LogP contribution in [0.25, 0.3) is 0 Å². The monoisotopic (exact) mass is 415 g/mol. The zero-order valence-electron chi connectivity index (χ0n) is 17.2. The van der Waals surface area contributed by atoms with Crippen molar-refractivity contribution < 1.29 is 14.5 Å². The fourth-order valence-corrected chi connectivity index (χ4v) is 3.46. The van der Waals surface area contributed by atoms with E-state index in [1.165, 1.54) is 13.4 Å². The Kier molecular flexibility index (Phi) is 6.62. The first-order chi connectivity index (χ1) is 14.4. The molecule has 1 aromatic heterocycles. The molecule has 1 aliphatic rings. The van der Waals surface area contributed by atoms with Gasteiger partial charge in [0.15, 0.2) is 0 Å². The number of piperidine rings is 1.